The first-order chi connectivity index (χ1) is 10.9. The lowest BCUT2D eigenvalue weighted by Gasteiger charge is -2.24. The zero-order valence-corrected chi connectivity index (χ0v) is 13.8. The fourth-order valence-electron chi connectivity index (χ4n) is 1.94. The molecule has 2 N–H and O–H groups in total. The third kappa shape index (κ3) is 4.55. The number of ether oxygens (including phenoxy) is 1. The number of amides is 1. The summed E-state index contributed by atoms with van der Waals surface area (Å²) in [4.78, 5) is 12.1. The van der Waals surface area contributed by atoms with Crippen molar-refractivity contribution in [2.24, 2.45) is 0 Å². The fraction of sp³-hybridized carbons (Fsp3) is 0.294. The van der Waals surface area contributed by atoms with Crippen molar-refractivity contribution in [3.05, 3.63) is 52.2 Å². The van der Waals surface area contributed by atoms with Crippen molar-refractivity contribution >= 4 is 17.2 Å². The second kappa shape index (κ2) is 7.27. The van der Waals surface area contributed by atoms with E-state index in [0.717, 1.165) is 5.56 Å². The van der Waals surface area contributed by atoms with Crippen LogP contribution >= 0.6 is 11.3 Å². The van der Waals surface area contributed by atoms with Gasteiger partial charge in [-0.3, -0.25) is 4.79 Å². The monoisotopic (exact) mass is 330 g/mol. The molecule has 0 aliphatic rings. The lowest BCUT2D eigenvalue weighted by Crippen LogP contribution is -2.43. The SMILES string of the molecule is CC(Oc1ccc(C#N)cc1)C(=O)NCC(C)(O)c1ccsc1. The molecule has 1 heterocycles. The number of aliphatic hydroxyl groups is 1. The maximum Gasteiger partial charge on any atom is 0.260 e. The van der Waals surface area contributed by atoms with Crippen LogP contribution in [0, 0.1) is 11.3 Å². The van der Waals surface area contributed by atoms with Crippen LogP contribution in [0.25, 0.3) is 0 Å². The molecule has 2 aromatic rings. The molecule has 23 heavy (non-hydrogen) atoms. The average molecular weight is 330 g/mol. The van der Waals surface area contributed by atoms with Crippen LogP contribution in [0.3, 0.4) is 0 Å². The highest BCUT2D eigenvalue weighted by atomic mass is 32.1. The molecule has 1 aromatic carbocycles. The van der Waals surface area contributed by atoms with Crippen LogP contribution in [0.2, 0.25) is 0 Å². The summed E-state index contributed by atoms with van der Waals surface area (Å²) in [5, 5.41) is 25.5. The number of nitriles is 1. The van der Waals surface area contributed by atoms with E-state index >= 15 is 0 Å². The van der Waals surface area contributed by atoms with Gasteiger partial charge >= 0.3 is 0 Å². The van der Waals surface area contributed by atoms with E-state index in [1.165, 1.54) is 11.3 Å². The number of hydrogen-bond donors (Lipinski definition) is 2. The van der Waals surface area contributed by atoms with Crippen molar-refractivity contribution in [3.63, 3.8) is 0 Å². The Morgan fingerprint density at radius 1 is 1.43 bits per heavy atom. The lowest BCUT2D eigenvalue weighted by molar-refractivity contribution is -0.128. The molecular weight excluding hydrogens is 312 g/mol. The molecule has 2 unspecified atom stereocenters. The molecular formula is C17H18N2O3S. The summed E-state index contributed by atoms with van der Waals surface area (Å²) in [7, 11) is 0. The molecule has 0 fully saturated rings. The Kier molecular flexibility index (Phi) is 5.37. The van der Waals surface area contributed by atoms with Crippen molar-refractivity contribution < 1.29 is 14.6 Å². The molecule has 0 saturated heterocycles. The molecule has 0 spiro atoms. The standard InChI is InChI=1S/C17H18N2O3S/c1-12(22-15-5-3-13(9-18)4-6-15)16(20)19-11-17(2,21)14-7-8-23-10-14/h3-8,10,12,21H,11H2,1-2H3,(H,19,20). The first-order valence-corrected chi connectivity index (χ1v) is 8.06. The van der Waals surface area contributed by atoms with E-state index < -0.39 is 11.7 Å². The van der Waals surface area contributed by atoms with Crippen molar-refractivity contribution in [1.29, 1.82) is 5.26 Å². The number of carbonyl (C=O) groups is 1. The van der Waals surface area contributed by atoms with Crippen LogP contribution in [0.15, 0.2) is 41.1 Å². The minimum absolute atomic E-state index is 0.101. The summed E-state index contributed by atoms with van der Waals surface area (Å²) in [6, 6.07) is 10.4. The second-order valence-electron chi connectivity index (χ2n) is 5.40. The average Bonchev–Trinajstić information content (AvgIpc) is 3.08. The minimum Gasteiger partial charge on any atom is -0.481 e. The van der Waals surface area contributed by atoms with Crippen LogP contribution < -0.4 is 10.1 Å². The number of carbonyl (C=O) groups excluding carboxylic acids is 1. The van der Waals surface area contributed by atoms with Gasteiger partial charge in [0.25, 0.3) is 5.91 Å². The fourth-order valence-corrected chi connectivity index (χ4v) is 2.72. The van der Waals surface area contributed by atoms with Gasteiger partial charge in [-0.25, -0.2) is 0 Å². The maximum atomic E-state index is 12.1. The van der Waals surface area contributed by atoms with Crippen LogP contribution in [-0.2, 0) is 10.4 Å². The highest BCUT2D eigenvalue weighted by Gasteiger charge is 2.25. The molecule has 5 nitrogen and oxygen atoms in total. The Morgan fingerprint density at radius 3 is 2.70 bits per heavy atom. The van der Waals surface area contributed by atoms with E-state index in [1.807, 2.05) is 22.9 Å². The molecule has 2 rings (SSSR count). The van der Waals surface area contributed by atoms with Gasteiger partial charge in [0.05, 0.1) is 18.2 Å². The Morgan fingerprint density at radius 2 is 2.13 bits per heavy atom. The topological polar surface area (TPSA) is 82.3 Å². The van der Waals surface area contributed by atoms with E-state index in [0.29, 0.717) is 11.3 Å². The smallest absolute Gasteiger partial charge is 0.260 e. The number of rotatable bonds is 6. The molecule has 0 radical (unpaired) electrons. The summed E-state index contributed by atoms with van der Waals surface area (Å²) in [5.41, 5.74) is 0.175. The van der Waals surface area contributed by atoms with Crippen molar-refractivity contribution in [1.82, 2.24) is 5.32 Å². The summed E-state index contributed by atoms with van der Waals surface area (Å²) < 4.78 is 5.53. The maximum absolute atomic E-state index is 12.1. The minimum atomic E-state index is -1.12. The van der Waals surface area contributed by atoms with Gasteiger partial charge in [-0.15, -0.1) is 0 Å². The molecule has 6 heteroatoms. The van der Waals surface area contributed by atoms with Crippen LogP contribution in [-0.4, -0.2) is 23.7 Å². The first-order valence-electron chi connectivity index (χ1n) is 7.12. The Labute approximate surface area is 139 Å². The van der Waals surface area contributed by atoms with Gasteiger partial charge in [-0.2, -0.15) is 16.6 Å². The van der Waals surface area contributed by atoms with Crippen LogP contribution in [0.1, 0.15) is 25.0 Å². The molecule has 1 amide bonds. The molecule has 2 atom stereocenters. The van der Waals surface area contributed by atoms with E-state index in [2.05, 4.69) is 5.32 Å². The Balaban J connectivity index is 1.88. The largest absolute Gasteiger partial charge is 0.481 e. The number of thiophene rings is 1. The number of nitrogens with zero attached hydrogens (tertiary/aromatic N) is 1. The van der Waals surface area contributed by atoms with Gasteiger partial charge in [-0.05, 0) is 60.5 Å². The van der Waals surface area contributed by atoms with Gasteiger partial charge < -0.3 is 15.2 Å². The third-order valence-corrected chi connectivity index (χ3v) is 4.10. The van der Waals surface area contributed by atoms with Crippen molar-refractivity contribution in [3.8, 4) is 11.8 Å². The first kappa shape index (κ1) is 17.0. The van der Waals surface area contributed by atoms with Crippen LogP contribution in [0.4, 0.5) is 0 Å². The van der Waals surface area contributed by atoms with E-state index in [9.17, 15) is 9.90 Å². The molecule has 0 saturated carbocycles. The highest BCUT2D eigenvalue weighted by molar-refractivity contribution is 7.08. The van der Waals surface area contributed by atoms with Crippen molar-refractivity contribution in [2.45, 2.75) is 25.6 Å². The summed E-state index contributed by atoms with van der Waals surface area (Å²) >= 11 is 1.49. The zero-order valence-electron chi connectivity index (χ0n) is 12.9. The summed E-state index contributed by atoms with van der Waals surface area (Å²) in [6.07, 6.45) is -0.707. The number of benzene rings is 1. The van der Waals surface area contributed by atoms with Crippen molar-refractivity contribution in [2.75, 3.05) is 6.54 Å². The lowest BCUT2D eigenvalue weighted by atomic mass is 9.99. The third-order valence-electron chi connectivity index (χ3n) is 3.42. The molecule has 0 bridgehead atoms. The summed E-state index contributed by atoms with van der Waals surface area (Å²) in [5.74, 6) is 0.195. The second-order valence-corrected chi connectivity index (χ2v) is 6.18. The zero-order chi connectivity index (χ0) is 16.9. The molecule has 120 valence electrons. The van der Waals surface area contributed by atoms with Gasteiger partial charge in [0.2, 0.25) is 0 Å². The predicted octanol–water partition coefficient (Wildman–Crippen LogP) is 2.41. The van der Waals surface area contributed by atoms with Gasteiger partial charge in [-0.1, -0.05) is 0 Å². The van der Waals surface area contributed by atoms with Gasteiger partial charge in [0.1, 0.15) is 11.4 Å². The Hall–Kier alpha value is -2.36. The number of nitrogens with one attached hydrogen (secondary N) is 1. The quantitative estimate of drug-likeness (QED) is 0.852. The van der Waals surface area contributed by atoms with Crippen LogP contribution in [0.5, 0.6) is 5.75 Å². The summed E-state index contributed by atoms with van der Waals surface area (Å²) in [6.45, 7) is 3.39. The molecule has 0 aliphatic heterocycles. The molecule has 1 aromatic heterocycles. The van der Waals surface area contributed by atoms with E-state index in [1.54, 1.807) is 38.1 Å². The van der Waals surface area contributed by atoms with E-state index in [4.69, 9.17) is 10.00 Å². The predicted molar refractivity (Wildman–Crippen MR) is 88.1 cm³/mol. The van der Waals surface area contributed by atoms with Gasteiger partial charge in [0, 0.05) is 0 Å². The highest BCUT2D eigenvalue weighted by Crippen LogP contribution is 2.22. The van der Waals surface area contributed by atoms with E-state index in [-0.39, 0.29) is 12.5 Å². The molecule has 0 aliphatic carbocycles. The normalized spacial score (nSPS) is 14.3. The number of hydrogen-bond acceptors (Lipinski definition) is 5. The van der Waals surface area contributed by atoms with Gasteiger partial charge in [0.15, 0.2) is 6.10 Å². The Bertz CT molecular complexity index is 688.